The van der Waals surface area contributed by atoms with Crippen molar-refractivity contribution in [3.05, 3.63) is 72.3 Å². The molecule has 0 aliphatic rings. The predicted molar refractivity (Wildman–Crippen MR) is 104 cm³/mol. The van der Waals surface area contributed by atoms with Crippen molar-refractivity contribution in [3.8, 4) is 23.0 Å². The van der Waals surface area contributed by atoms with E-state index in [1.54, 1.807) is 73.7 Å². The third-order valence-corrected chi connectivity index (χ3v) is 3.62. The van der Waals surface area contributed by atoms with Crippen molar-refractivity contribution in [2.24, 2.45) is 0 Å². The van der Waals surface area contributed by atoms with Crippen LogP contribution in [0.15, 0.2) is 66.7 Å². The lowest BCUT2D eigenvalue weighted by atomic mass is 10.2. The summed E-state index contributed by atoms with van der Waals surface area (Å²) in [5.74, 6) is 1.60. The zero-order chi connectivity index (χ0) is 19.2. The second-order valence-corrected chi connectivity index (χ2v) is 5.76. The molecular weight excluding hydrogens is 344 g/mol. The number of anilines is 2. The molecule has 0 radical (unpaired) electrons. The Labute approximate surface area is 157 Å². The maximum absolute atomic E-state index is 12.2. The Morgan fingerprint density at radius 2 is 1.19 bits per heavy atom. The molecule has 138 valence electrons. The highest BCUT2D eigenvalue weighted by molar-refractivity contribution is 5.90. The number of esters is 1. The quantitative estimate of drug-likeness (QED) is 0.490. The summed E-state index contributed by atoms with van der Waals surface area (Å²) in [7, 11) is 0. The van der Waals surface area contributed by atoms with Crippen LogP contribution in [0.2, 0.25) is 0 Å². The summed E-state index contributed by atoms with van der Waals surface area (Å²) >= 11 is 0. The van der Waals surface area contributed by atoms with Crippen molar-refractivity contribution in [2.75, 3.05) is 18.1 Å². The number of nitrogens with two attached hydrogens (primary N) is 2. The van der Waals surface area contributed by atoms with E-state index in [0.717, 1.165) is 0 Å². The number of ether oxygens (including phenoxy) is 3. The number of carbonyl (C=O) groups excluding carboxylic acids is 1. The van der Waals surface area contributed by atoms with Crippen LogP contribution in [0.3, 0.4) is 0 Å². The van der Waals surface area contributed by atoms with E-state index in [4.69, 9.17) is 25.7 Å². The Balaban J connectivity index is 1.91. The molecule has 3 aromatic rings. The van der Waals surface area contributed by atoms with E-state index in [0.29, 0.717) is 39.9 Å². The minimum atomic E-state index is -0.456. The Bertz CT molecular complexity index is 856. The largest absolute Gasteiger partial charge is 0.462 e. The lowest BCUT2D eigenvalue weighted by Crippen LogP contribution is -2.05. The van der Waals surface area contributed by atoms with Crippen molar-refractivity contribution in [1.29, 1.82) is 0 Å². The fraction of sp³-hybridized carbons (Fsp3) is 0.0952. The van der Waals surface area contributed by atoms with E-state index in [1.165, 1.54) is 0 Å². The highest BCUT2D eigenvalue weighted by atomic mass is 16.5. The first-order chi connectivity index (χ1) is 13.0. The van der Waals surface area contributed by atoms with Crippen LogP contribution in [0.25, 0.3) is 0 Å². The average molecular weight is 364 g/mol. The van der Waals surface area contributed by atoms with E-state index < -0.39 is 5.97 Å². The van der Waals surface area contributed by atoms with Crippen LogP contribution >= 0.6 is 0 Å². The SMILES string of the molecule is CCOC(=O)c1cc(Oc2ccc(N)cc2)cc(Oc2ccc(N)cc2)c1. The smallest absolute Gasteiger partial charge is 0.338 e. The summed E-state index contributed by atoms with van der Waals surface area (Å²) in [6.07, 6.45) is 0. The Hall–Kier alpha value is -3.67. The van der Waals surface area contributed by atoms with Gasteiger partial charge in [0.15, 0.2) is 0 Å². The van der Waals surface area contributed by atoms with Gasteiger partial charge < -0.3 is 25.7 Å². The van der Waals surface area contributed by atoms with Gasteiger partial charge in [0.1, 0.15) is 23.0 Å². The Morgan fingerprint density at radius 3 is 1.59 bits per heavy atom. The van der Waals surface area contributed by atoms with Gasteiger partial charge in [-0.15, -0.1) is 0 Å². The van der Waals surface area contributed by atoms with Crippen LogP contribution in [0, 0.1) is 0 Å². The van der Waals surface area contributed by atoms with E-state index in [2.05, 4.69) is 0 Å². The first kappa shape index (κ1) is 18.1. The Morgan fingerprint density at radius 1 is 0.741 bits per heavy atom. The second-order valence-electron chi connectivity index (χ2n) is 5.76. The topological polar surface area (TPSA) is 96.8 Å². The van der Waals surface area contributed by atoms with Crippen molar-refractivity contribution in [1.82, 2.24) is 0 Å². The van der Waals surface area contributed by atoms with Gasteiger partial charge in [0.25, 0.3) is 0 Å². The van der Waals surface area contributed by atoms with Crippen LogP contribution in [-0.2, 0) is 4.74 Å². The van der Waals surface area contributed by atoms with Crippen molar-refractivity contribution >= 4 is 17.3 Å². The van der Waals surface area contributed by atoms with Gasteiger partial charge in [-0.2, -0.15) is 0 Å². The molecule has 0 aliphatic carbocycles. The molecule has 3 aromatic carbocycles. The first-order valence-electron chi connectivity index (χ1n) is 8.42. The monoisotopic (exact) mass is 364 g/mol. The van der Waals surface area contributed by atoms with Crippen LogP contribution in [0.4, 0.5) is 11.4 Å². The molecule has 0 atom stereocenters. The molecule has 0 bridgehead atoms. The van der Waals surface area contributed by atoms with E-state index >= 15 is 0 Å². The summed E-state index contributed by atoms with van der Waals surface area (Å²) in [6.45, 7) is 2.02. The van der Waals surface area contributed by atoms with E-state index in [-0.39, 0.29) is 6.61 Å². The summed E-state index contributed by atoms with van der Waals surface area (Å²) in [4.78, 5) is 12.2. The Kier molecular flexibility index (Phi) is 5.47. The highest BCUT2D eigenvalue weighted by Crippen LogP contribution is 2.31. The molecule has 6 heteroatoms. The lowest BCUT2D eigenvalue weighted by molar-refractivity contribution is 0.0525. The molecule has 27 heavy (non-hydrogen) atoms. The number of nitrogen functional groups attached to an aromatic ring is 2. The zero-order valence-electron chi connectivity index (χ0n) is 14.8. The van der Waals surface area contributed by atoms with Gasteiger partial charge in [-0.25, -0.2) is 4.79 Å². The van der Waals surface area contributed by atoms with Crippen LogP contribution in [0.1, 0.15) is 17.3 Å². The maximum Gasteiger partial charge on any atom is 0.338 e. The molecule has 0 heterocycles. The number of carbonyl (C=O) groups is 1. The van der Waals surface area contributed by atoms with Crippen LogP contribution in [-0.4, -0.2) is 12.6 Å². The fourth-order valence-electron chi connectivity index (χ4n) is 2.37. The first-order valence-corrected chi connectivity index (χ1v) is 8.42. The molecule has 0 fully saturated rings. The van der Waals surface area contributed by atoms with Crippen molar-refractivity contribution < 1.29 is 19.0 Å². The van der Waals surface area contributed by atoms with Gasteiger partial charge in [-0.05, 0) is 67.6 Å². The molecule has 0 saturated heterocycles. The molecule has 6 nitrogen and oxygen atoms in total. The third kappa shape index (κ3) is 4.92. The number of benzene rings is 3. The summed E-state index contributed by atoms with van der Waals surface area (Å²) in [5, 5.41) is 0. The second kappa shape index (κ2) is 8.14. The lowest BCUT2D eigenvalue weighted by Gasteiger charge is -2.12. The molecule has 0 saturated carbocycles. The van der Waals surface area contributed by atoms with Crippen molar-refractivity contribution in [3.63, 3.8) is 0 Å². The van der Waals surface area contributed by atoms with E-state index in [1.807, 2.05) is 0 Å². The molecule has 3 rings (SSSR count). The summed E-state index contributed by atoms with van der Waals surface area (Å²) < 4.78 is 16.8. The number of hydrogen-bond acceptors (Lipinski definition) is 6. The zero-order valence-corrected chi connectivity index (χ0v) is 14.8. The summed E-state index contributed by atoms with van der Waals surface area (Å²) in [6, 6.07) is 18.8. The van der Waals surface area contributed by atoms with Crippen molar-refractivity contribution in [2.45, 2.75) is 6.92 Å². The molecule has 0 amide bonds. The summed E-state index contributed by atoms with van der Waals surface area (Å²) in [5.41, 5.74) is 13.0. The fourth-order valence-corrected chi connectivity index (χ4v) is 2.37. The van der Waals surface area contributed by atoms with Gasteiger partial charge >= 0.3 is 5.97 Å². The van der Waals surface area contributed by atoms with Gasteiger partial charge in [-0.1, -0.05) is 0 Å². The van der Waals surface area contributed by atoms with Crippen LogP contribution in [0.5, 0.6) is 23.0 Å². The van der Waals surface area contributed by atoms with Gasteiger partial charge in [0, 0.05) is 17.4 Å². The molecular formula is C21H20N2O4. The minimum Gasteiger partial charge on any atom is -0.462 e. The molecule has 0 aliphatic heterocycles. The minimum absolute atomic E-state index is 0.274. The molecule has 0 unspecified atom stereocenters. The van der Waals surface area contributed by atoms with Crippen LogP contribution < -0.4 is 20.9 Å². The number of rotatable bonds is 6. The normalized spacial score (nSPS) is 10.3. The van der Waals surface area contributed by atoms with Gasteiger partial charge in [-0.3, -0.25) is 0 Å². The molecule has 4 N–H and O–H groups in total. The van der Waals surface area contributed by atoms with E-state index in [9.17, 15) is 4.79 Å². The van der Waals surface area contributed by atoms with Gasteiger partial charge in [0.05, 0.1) is 12.2 Å². The third-order valence-electron chi connectivity index (χ3n) is 3.62. The standard InChI is InChI=1S/C21H20N2O4/c1-2-25-21(24)14-11-19(26-17-7-3-15(22)4-8-17)13-20(12-14)27-18-9-5-16(23)6-10-18/h3-13H,2,22-23H2,1H3. The molecule has 0 spiro atoms. The number of hydrogen-bond donors (Lipinski definition) is 2. The molecule has 0 aromatic heterocycles. The average Bonchev–Trinajstić information content (AvgIpc) is 2.65. The maximum atomic E-state index is 12.2. The highest BCUT2D eigenvalue weighted by Gasteiger charge is 2.12. The predicted octanol–water partition coefficient (Wildman–Crippen LogP) is 4.61. The van der Waals surface area contributed by atoms with Gasteiger partial charge in [0.2, 0.25) is 0 Å².